The van der Waals surface area contributed by atoms with Gasteiger partial charge in [-0.05, 0) is 64.8 Å². The van der Waals surface area contributed by atoms with E-state index in [2.05, 4.69) is 51.0 Å². The highest BCUT2D eigenvalue weighted by molar-refractivity contribution is 9.09. The molecule has 1 unspecified atom stereocenters. The van der Waals surface area contributed by atoms with E-state index in [9.17, 15) is 0 Å². The molecule has 2 heteroatoms. The minimum absolute atomic E-state index is 0.348. The Morgan fingerprint density at radius 2 is 1.82 bits per heavy atom. The molecule has 1 aromatic heterocycles. The maximum absolute atomic E-state index is 3.81. The number of fused-ring (bicyclic) bond motifs is 1. The van der Waals surface area contributed by atoms with Crippen molar-refractivity contribution in [2.24, 2.45) is 0 Å². The van der Waals surface area contributed by atoms with Crippen LogP contribution in [0.2, 0.25) is 0 Å². The van der Waals surface area contributed by atoms with Crippen LogP contribution in [0.4, 0.5) is 0 Å². The van der Waals surface area contributed by atoms with Crippen LogP contribution in [0.1, 0.15) is 39.9 Å². The van der Waals surface area contributed by atoms with Crippen molar-refractivity contribution in [2.45, 2.75) is 30.5 Å². The van der Waals surface area contributed by atoms with Gasteiger partial charge in [-0.2, -0.15) is 11.3 Å². The van der Waals surface area contributed by atoms with Crippen LogP contribution < -0.4 is 0 Å². The number of aryl methyl sites for hydroxylation is 2. The van der Waals surface area contributed by atoms with Crippen molar-refractivity contribution in [3.8, 4) is 0 Å². The van der Waals surface area contributed by atoms with Crippen molar-refractivity contribution < 1.29 is 0 Å². The van der Waals surface area contributed by atoms with Gasteiger partial charge in [0.15, 0.2) is 0 Å². The summed E-state index contributed by atoms with van der Waals surface area (Å²) in [5.41, 5.74) is 5.88. The Morgan fingerprint density at radius 3 is 2.59 bits per heavy atom. The molecule has 3 rings (SSSR count). The molecule has 1 aromatic carbocycles. The second-order valence-electron chi connectivity index (χ2n) is 4.65. The summed E-state index contributed by atoms with van der Waals surface area (Å²) in [6.07, 6.45) is 5.23. The summed E-state index contributed by atoms with van der Waals surface area (Å²) in [6.45, 7) is 0. The summed E-state index contributed by atoms with van der Waals surface area (Å²) in [6, 6.07) is 9.20. The summed E-state index contributed by atoms with van der Waals surface area (Å²) in [7, 11) is 0. The highest BCUT2D eigenvalue weighted by Crippen LogP contribution is 2.34. The zero-order chi connectivity index (χ0) is 11.7. The normalized spacial score (nSPS) is 16.5. The molecular formula is C15H15BrS. The Hall–Kier alpha value is -0.600. The maximum Gasteiger partial charge on any atom is 0.0652 e. The first kappa shape index (κ1) is 11.5. The summed E-state index contributed by atoms with van der Waals surface area (Å²) >= 11 is 5.57. The van der Waals surface area contributed by atoms with Gasteiger partial charge in [-0.3, -0.25) is 0 Å². The molecule has 0 nitrogen and oxygen atoms in total. The number of rotatable bonds is 2. The van der Waals surface area contributed by atoms with Gasteiger partial charge < -0.3 is 0 Å². The van der Waals surface area contributed by atoms with Crippen LogP contribution in [-0.2, 0) is 12.8 Å². The minimum atomic E-state index is 0.348. The monoisotopic (exact) mass is 306 g/mol. The Labute approximate surface area is 115 Å². The second-order valence-corrected chi connectivity index (χ2v) is 6.35. The van der Waals surface area contributed by atoms with E-state index in [1.54, 1.807) is 22.5 Å². The van der Waals surface area contributed by atoms with E-state index in [-0.39, 0.29) is 0 Å². The third kappa shape index (κ3) is 2.34. The molecule has 1 aliphatic rings. The molecule has 0 fully saturated rings. The van der Waals surface area contributed by atoms with Crippen LogP contribution >= 0.6 is 27.3 Å². The second kappa shape index (κ2) is 4.95. The maximum atomic E-state index is 3.81. The van der Waals surface area contributed by atoms with Gasteiger partial charge in [0.2, 0.25) is 0 Å². The number of alkyl halides is 1. The number of hydrogen-bond acceptors (Lipinski definition) is 1. The largest absolute Gasteiger partial charge is 0.152 e. The smallest absolute Gasteiger partial charge is 0.0652 e. The first-order valence-electron chi connectivity index (χ1n) is 6.12. The van der Waals surface area contributed by atoms with Gasteiger partial charge >= 0.3 is 0 Å². The van der Waals surface area contributed by atoms with Gasteiger partial charge in [-0.15, -0.1) is 0 Å². The predicted octanol–water partition coefficient (Wildman–Crippen LogP) is 5.11. The number of halogens is 1. The molecule has 0 saturated heterocycles. The Bertz CT molecular complexity index is 502. The topological polar surface area (TPSA) is 0 Å². The fourth-order valence-electron chi connectivity index (χ4n) is 2.52. The van der Waals surface area contributed by atoms with E-state index in [0.717, 1.165) is 0 Å². The summed E-state index contributed by atoms with van der Waals surface area (Å²) in [5, 5.41) is 4.36. The van der Waals surface area contributed by atoms with E-state index >= 15 is 0 Å². The number of thiophene rings is 1. The van der Waals surface area contributed by atoms with Gasteiger partial charge in [0.05, 0.1) is 4.83 Å². The SMILES string of the molecule is BrC(c1ccsc1)c1ccc2c(c1)CCCC2. The van der Waals surface area contributed by atoms with Gasteiger partial charge in [0.25, 0.3) is 0 Å². The molecule has 0 spiro atoms. The quantitative estimate of drug-likeness (QED) is 0.676. The Kier molecular flexibility index (Phi) is 3.34. The molecule has 0 amide bonds. The lowest BCUT2D eigenvalue weighted by Gasteiger charge is -2.18. The Morgan fingerprint density at radius 1 is 1.00 bits per heavy atom. The lowest BCUT2D eigenvalue weighted by Crippen LogP contribution is -2.03. The fraction of sp³-hybridized carbons (Fsp3) is 0.333. The van der Waals surface area contributed by atoms with Crippen LogP contribution in [0.3, 0.4) is 0 Å². The molecular weight excluding hydrogens is 292 g/mol. The predicted molar refractivity (Wildman–Crippen MR) is 78.2 cm³/mol. The molecule has 2 aromatic rings. The van der Waals surface area contributed by atoms with Crippen molar-refractivity contribution in [3.63, 3.8) is 0 Å². The summed E-state index contributed by atoms with van der Waals surface area (Å²) in [5.74, 6) is 0. The highest BCUT2D eigenvalue weighted by Gasteiger charge is 2.14. The molecule has 0 bridgehead atoms. The van der Waals surface area contributed by atoms with Crippen LogP contribution in [0.25, 0.3) is 0 Å². The lowest BCUT2D eigenvalue weighted by atomic mass is 9.89. The van der Waals surface area contributed by atoms with Gasteiger partial charge in [-0.1, -0.05) is 34.1 Å². The van der Waals surface area contributed by atoms with Crippen molar-refractivity contribution in [1.82, 2.24) is 0 Å². The van der Waals surface area contributed by atoms with Crippen LogP contribution in [0, 0.1) is 0 Å². The molecule has 1 heterocycles. The van der Waals surface area contributed by atoms with E-state index in [1.165, 1.54) is 36.8 Å². The Balaban J connectivity index is 1.93. The first-order valence-corrected chi connectivity index (χ1v) is 7.98. The molecule has 17 heavy (non-hydrogen) atoms. The van der Waals surface area contributed by atoms with E-state index < -0.39 is 0 Å². The van der Waals surface area contributed by atoms with Crippen molar-refractivity contribution in [3.05, 3.63) is 57.3 Å². The molecule has 88 valence electrons. The van der Waals surface area contributed by atoms with Crippen molar-refractivity contribution in [2.75, 3.05) is 0 Å². The minimum Gasteiger partial charge on any atom is -0.152 e. The van der Waals surface area contributed by atoms with E-state index in [1.807, 2.05) is 0 Å². The van der Waals surface area contributed by atoms with Crippen LogP contribution in [0.15, 0.2) is 35.0 Å². The standard InChI is InChI=1S/C15H15BrS/c16-15(14-7-8-17-10-14)13-6-5-11-3-1-2-4-12(11)9-13/h5-10,15H,1-4H2. The lowest BCUT2D eigenvalue weighted by molar-refractivity contribution is 0.684. The average molecular weight is 307 g/mol. The van der Waals surface area contributed by atoms with Crippen molar-refractivity contribution in [1.29, 1.82) is 0 Å². The van der Waals surface area contributed by atoms with Gasteiger partial charge in [0, 0.05) is 0 Å². The van der Waals surface area contributed by atoms with Crippen LogP contribution in [-0.4, -0.2) is 0 Å². The first-order chi connectivity index (χ1) is 8.34. The van der Waals surface area contributed by atoms with Crippen molar-refractivity contribution >= 4 is 27.3 Å². The van der Waals surface area contributed by atoms with Crippen LogP contribution in [0.5, 0.6) is 0 Å². The van der Waals surface area contributed by atoms with E-state index in [0.29, 0.717) is 4.83 Å². The van der Waals surface area contributed by atoms with Gasteiger partial charge in [-0.25, -0.2) is 0 Å². The molecule has 0 saturated carbocycles. The summed E-state index contributed by atoms with van der Waals surface area (Å²) in [4.78, 5) is 0.348. The number of hydrogen-bond donors (Lipinski definition) is 0. The third-order valence-corrected chi connectivity index (χ3v) is 5.26. The average Bonchev–Trinajstić information content (AvgIpc) is 2.91. The molecule has 0 radical (unpaired) electrons. The molecule has 0 aliphatic heterocycles. The third-order valence-electron chi connectivity index (χ3n) is 3.50. The van der Waals surface area contributed by atoms with Gasteiger partial charge in [0.1, 0.15) is 0 Å². The number of benzene rings is 1. The molecule has 1 atom stereocenters. The summed E-state index contributed by atoms with van der Waals surface area (Å²) < 4.78 is 0. The zero-order valence-electron chi connectivity index (χ0n) is 9.66. The fourth-order valence-corrected chi connectivity index (χ4v) is 3.95. The zero-order valence-corrected chi connectivity index (χ0v) is 12.1. The highest BCUT2D eigenvalue weighted by atomic mass is 79.9. The van der Waals surface area contributed by atoms with E-state index in [4.69, 9.17) is 0 Å². The molecule has 1 aliphatic carbocycles. The molecule has 0 N–H and O–H groups in total.